The normalized spacial score (nSPS) is 12.9. The van der Waals surface area contributed by atoms with E-state index in [1.54, 1.807) is 0 Å². The zero-order valence-corrected chi connectivity index (χ0v) is 8.82. The Hall–Kier alpha value is -0.350. The third kappa shape index (κ3) is 2.58. The van der Waals surface area contributed by atoms with E-state index in [-0.39, 0.29) is 16.7 Å². The van der Waals surface area contributed by atoms with E-state index in [9.17, 15) is 4.39 Å². The summed E-state index contributed by atoms with van der Waals surface area (Å²) in [6.45, 7) is -0.0778. The van der Waals surface area contributed by atoms with Crippen LogP contribution >= 0.6 is 23.2 Å². The van der Waals surface area contributed by atoms with Crippen LogP contribution in [0.4, 0.5) is 4.39 Å². The van der Waals surface area contributed by atoms with Crippen LogP contribution in [0.5, 0.6) is 0 Å². The Morgan fingerprint density at radius 1 is 1.43 bits per heavy atom. The van der Waals surface area contributed by atoms with Crippen molar-refractivity contribution >= 4 is 23.2 Å². The van der Waals surface area contributed by atoms with Crippen LogP contribution in [0.2, 0.25) is 10.0 Å². The predicted molar refractivity (Wildman–Crippen MR) is 55.1 cm³/mol. The van der Waals surface area contributed by atoms with Gasteiger partial charge in [0.2, 0.25) is 0 Å². The third-order valence-electron chi connectivity index (χ3n) is 1.86. The minimum Gasteiger partial charge on any atom is -0.396 e. The molecule has 0 spiro atoms. The summed E-state index contributed by atoms with van der Waals surface area (Å²) in [7, 11) is 0. The van der Waals surface area contributed by atoms with E-state index in [4.69, 9.17) is 34.0 Å². The number of nitrogens with two attached hydrogens (primary N) is 1. The van der Waals surface area contributed by atoms with Gasteiger partial charge in [0.15, 0.2) is 0 Å². The first-order chi connectivity index (χ1) is 6.56. The molecule has 0 heterocycles. The third-order valence-corrected chi connectivity index (χ3v) is 2.48. The summed E-state index contributed by atoms with van der Waals surface area (Å²) in [5.41, 5.74) is 6.10. The summed E-state index contributed by atoms with van der Waals surface area (Å²) in [5.74, 6) is -0.595. The second kappa shape index (κ2) is 4.94. The second-order valence-electron chi connectivity index (χ2n) is 2.91. The largest absolute Gasteiger partial charge is 0.396 e. The van der Waals surface area contributed by atoms with Crippen molar-refractivity contribution in [1.29, 1.82) is 0 Å². The standard InChI is InChI=1S/C9H10Cl2FNO/c10-5-3-6(8(13)1-2-14)9(11)7(12)4-5/h3-4,8,14H,1-2,13H2. The summed E-state index contributed by atoms with van der Waals surface area (Å²) < 4.78 is 13.1. The Labute approximate surface area is 91.4 Å². The van der Waals surface area contributed by atoms with Crippen LogP contribution < -0.4 is 5.73 Å². The molecule has 14 heavy (non-hydrogen) atoms. The molecule has 1 atom stereocenters. The maximum absolute atomic E-state index is 13.1. The molecule has 0 amide bonds. The highest BCUT2D eigenvalue weighted by molar-refractivity contribution is 6.33. The first-order valence-corrected chi connectivity index (χ1v) is 4.82. The molecule has 0 aromatic heterocycles. The van der Waals surface area contributed by atoms with Gasteiger partial charge in [0.1, 0.15) is 5.82 Å². The monoisotopic (exact) mass is 237 g/mol. The molecule has 0 aliphatic carbocycles. The Bertz CT molecular complexity index is 333. The quantitative estimate of drug-likeness (QED) is 0.794. The van der Waals surface area contributed by atoms with Crippen molar-refractivity contribution in [2.24, 2.45) is 5.73 Å². The fraction of sp³-hybridized carbons (Fsp3) is 0.333. The summed E-state index contributed by atoms with van der Waals surface area (Å²) in [6.07, 6.45) is 0.319. The first-order valence-electron chi connectivity index (χ1n) is 4.07. The smallest absolute Gasteiger partial charge is 0.143 e. The predicted octanol–water partition coefficient (Wildman–Crippen LogP) is 2.51. The molecule has 1 unspecified atom stereocenters. The lowest BCUT2D eigenvalue weighted by Crippen LogP contribution is -2.13. The lowest BCUT2D eigenvalue weighted by Gasteiger charge is -2.13. The van der Waals surface area contributed by atoms with Gasteiger partial charge in [-0.2, -0.15) is 0 Å². The minimum absolute atomic E-state index is 0.0321. The van der Waals surface area contributed by atoms with Gasteiger partial charge in [-0.25, -0.2) is 4.39 Å². The number of aliphatic hydroxyl groups is 1. The molecule has 1 aromatic carbocycles. The molecular formula is C9H10Cl2FNO. The van der Waals surface area contributed by atoms with Crippen molar-refractivity contribution in [3.63, 3.8) is 0 Å². The van der Waals surface area contributed by atoms with Crippen LogP contribution in [0.3, 0.4) is 0 Å². The Morgan fingerprint density at radius 3 is 2.64 bits per heavy atom. The molecule has 0 saturated heterocycles. The van der Waals surface area contributed by atoms with Crippen molar-refractivity contribution in [3.8, 4) is 0 Å². The number of hydrogen-bond donors (Lipinski definition) is 2. The van der Waals surface area contributed by atoms with E-state index in [0.717, 1.165) is 6.07 Å². The van der Waals surface area contributed by atoms with Gasteiger partial charge >= 0.3 is 0 Å². The molecule has 0 aliphatic rings. The van der Waals surface area contributed by atoms with Gasteiger partial charge < -0.3 is 10.8 Å². The molecule has 0 bridgehead atoms. The van der Waals surface area contributed by atoms with E-state index < -0.39 is 11.9 Å². The van der Waals surface area contributed by atoms with Crippen molar-refractivity contribution < 1.29 is 9.50 Å². The molecule has 0 radical (unpaired) electrons. The van der Waals surface area contributed by atoms with Crippen LogP contribution in [0.25, 0.3) is 0 Å². The lowest BCUT2D eigenvalue weighted by molar-refractivity contribution is 0.276. The molecule has 5 heteroatoms. The van der Waals surface area contributed by atoms with E-state index >= 15 is 0 Å². The van der Waals surface area contributed by atoms with E-state index in [0.29, 0.717) is 12.0 Å². The van der Waals surface area contributed by atoms with E-state index in [1.807, 2.05) is 0 Å². The maximum atomic E-state index is 13.1. The first kappa shape index (κ1) is 11.7. The molecule has 3 N–H and O–H groups in total. The Balaban J connectivity index is 3.07. The summed E-state index contributed by atoms with van der Waals surface area (Å²) in [6, 6.07) is 2.13. The van der Waals surface area contributed by atoms with Gasteiger partial charge in [-0.1, -0.05) is 23.2 Å². The lowest BCUT2D eigenvalue weighted by atomic mass is 10.1. The minimum atomic E-state index is -0.595. The van der Waals surface area contributed by atoms with Gasteiger partial charge in [0, 0.05) is 17.7 Å². The van der Waals surface area contributed by atoms with E-state index in [2.05, 4.69) is 0 Å². The number of halogens is 3. The SMILES string of the molecule is NC(CCO)c1cc(Cl)cc(F)c1Cl. The molecular weight excluding hydrogens is 228 g/mol. The highest BCUT2D eigenvalue weighted by atomic mass is 35.5. The number of hydrogen-bond acceptors (Lipinski definition) is 2. The van der Waals surface area contributed by atoms with Gasteiger partial charge in [0.05, 0.1) is 5.02 Å². The van der Waals surface area contributed by atoms with Crippen molar-refractivity contribution in [2.45, 2.75) is 12.5 Å². The van der Waals surface area contributed by atoms with Crippen molar-refractivity contribution in [1.82, 2.24) is 0 Å². The highest BCUT2D eigenvalue weighted by Crippen LogP contribution is 2.29. The van der Waals surface area contributed by atoms with Crippen LogP contribution in [-0.4, -0.2) is 11.7 Å². The maximum Gasteiger partial charge on any atom is 0.143 e. The van der Waals surface area contributed by atoms with Gasteiger partial charge in [-0.05, 0) is 24.1 Å². The van der Waals surface area contributed by atoms with Gasteiger partial charge in [0.25, 0.3) is 0 Å². The van der Waals surface area contributed by atoms with Gasteiger partial charge in [-0.15, -0.1) is 0 Å². The van der Waals surface area contributed by atoms with Gasteiger partial charge in [-0.3, -0.25) is 0 Å². The Morgan fingerprint density at radius 2 is 2.07 bits per heavy atom. The fourth-order valence-electron chi connectivity index (χ4n) is 1.14. The topological polar surface area (TPSA) is 46.2 Å². The molecule has 0 aliphatic heterocycles. The molecule has 0 fully saturated rings. The van der Waals surface area contributed by atoms with Crippen LogP contribution in [0, 0.1) is 5.82 Å². The Kier molecular flexibility index (Phi) is 4.13. The summed E-state index contributed by atoms with van der Waals surface area (Å²) >= 11 is 11.4. The number of benzene rings is 1. The average molecular weight is 238 g/mol. The number of aliphatic hydroxyl groups excluding tert-OH is 1. The zero-order chi connectivity index (χ0) is 10.7. The summed E-state index contributed by atoms with van der Waals surface area (Å²) in [5, 5.41) is 8.89. The second-order valence-corrected chi connectivity index (χ2v) is 3.72. The summed E-state index contributed by atoms with van der Waals surface area (Å²) in [4.78, 5) is 0. The molecule has 0 saturated carbocycles. The van der Waals surface area contributed by atoms with Crippen molar-refractivity contribution in [2.75, 3.05) is 6.61 Å². The highest BCUT2D eigenvalue weighted by Gasteiger charge is 2.14. The zero-order valence-electron chi connectivity index (χ0n) is 7.30. The molecule has 1 aromatic rings. The molecule has 78 valence electrons. The van der Waals surface area contributed by atoms with Crippen LogP contribution in [-0.2, 0) is 0 Å². The van der Waals surface area contributed by atoms with Crippen LogP contribution in [0.1, 0.15) is 18.0 Å². The molecule has 1 rings (SSSR count). The van der Waals surface area contributed by atoms with Crippen LogP contribution in [0.15, 0.2) is 12.1 Å². The molecule has 2 nitrogen and oxygen atoms in total. The van der Waals surface area contributed by atoms with Crippen molar-refractivity contribution in [3.05, 3.63) is 33.6 Å². The van der Waals surface area contributed by atoms with E-state index in [1.165, 1.54) is 6.07 Å². The average Bonchev–Trinajstić information content (AvgIpc) is 2.11. The number of rotatable bonds is 3. The fourth-order valence-corrected chi connectivity index (χ4v) is 1.60.